The first-order valence-electron chi connectivity index (χ1n) is 8.45. The Bertz CT molecular complexity index is 786. The van der Waals surface area contributed by atoms with E-state index >= 15 is 0 Å². The van der Waals surface area contributed by atoms with Crippen LogP contribution in [0, 0.1) is 0 Å². The molecule has 1 aliphatic rings. The molecule has 2 N–H and O–H groups in total. The Kier molecular flexibility index (Phi) is 5.63. The highest BCUT2D eigenvalue weighted by atomic mass is 35.5. The van der Waals surface area contributed by atoms with E-state index in [9.17, 15) is 9.59 Å². The highest BCUT2D eigenvalue weighted by molar-refractivity contribution is 6.30. The largest absolute Gasteiger partial charge is 0.368 e. The zero-order chi connectivity index (χ0) is 18.5. The number of carbonyl (C=O) groups is 2. The van der Waals surface area contributed by atoms with Gasteiger partial charge in [-0.25, -0.2) is 4.79 Å². The van der Waals surface area contributed by atoms with Gasteiger partial charge in [-0.2, -0.15) is 0 Å². The minimum absolute atomic E-state index is 0.0860. The van der Waals surface area contributed by atoms with E-state index in [-0.39, 0.29) is 11.9 Å². The molecule has 0 bridgehead atoms. The van der Waals surface area contributed by atoms with E-state index in [1.54, 1.807) is 23.1 Å². The molecule has 0 aliphatic carbocycles. The molecule has 136 valence electrons. The molecule has 1 saturated heterocycles. The van der Waals surface area contributed by atoms with Crippen molar-refractivity contribution in [2.75, 3.05) is 41.7 Å². The molecule has 6 nitrogen and oxygen atoms in total. The predicted octanol–water partition coefficient (Wildman–Crippen LogP) is 3.65. The van der Waals surface area contributed by atoms with Crippen LogP contribution < -0.4 is 15.5 Å². The molecule has 3 rings (SSSR count). The third kappa shape index (κ3) is 4.67. The van der Waals surface area contributed by atoms with Crippen molar-refractivity contribution in [1.82, 2.24) is 4.90 Å². The second-order valence-corrected chi connectivity index (χ2v) is 6.58. The van der Waals surface area contributed by atoms with E-state index in [4.69, 9.17) is 11.6 Å². The van der Waals surface area contributed by atoms with Crippen molar-refractivity contribution in [1.29, 1.82) is 0 Å². The first kappa shape index (κ1) is 18.1. The number of benzene rings is 2. The standard InChI is InChI=1S/C19H21ClN4O2/c1-14(25)21-16-5-7-18(8-6-16)23-9-11-24(12-10-23)19(26)22-17-4-2-3-15(20)13-17/h2-8,13H,9-12H2,1H3,(H,21,25)(H,22,26). The molecule has 0 spiro atoms. The van der Waals surface area contributed by atoms with Gasteiger partial charge in [0.1, 0.15) is 0 Å². The quantitative estimate of drug-likeness (QED) is 0.864. The van der Waals surface area contributed by atoms with Gasteiger partial charge in [0.25, 0.3) is 0 Å². The van der Waals surface area contributed by atoms with Crippen LogP contribution in [-0.2, 0) is 4.79 Å². The van der Waals surface area contributed by atoms with Crippen molar-refractivity contribution in [3.63, 3.8) is 0 Å². The summed E-state index contributed by atoms with van der Waals surface area (Å²) in [7, 11) is 0. The van der Waals surface area contributed by atoms with Crippen LogP contribution >= 0.6 is 11.6 Å². The second kappa shape index (κ2) is 8.10. The van der Waals surface area contributed by atoms with Crippen LogP contribution in [0.4, 0.5) is 21.9 Å². The molecule has 0 aromatic heterocycles. The summed E-state index contributed by atoms with van der Waals surface area (Å²) >= 11 is 5.95. The number of hydrogen-bond acceptors (Lipinski definition) is 3. The Morgan fingerprint density at radius 1 is 0.923 bits per heavy atom. The van der Waals surface area contributed by atoms with Crippen molar-refractivity contribution in [3.05, 3.63) is 53.6 Å². The minimum Gasteiger partial charge on any atom is -0.368 e. The van der Waals surface area contributed by atoms with Gasteiger partial charge in [0.2, 0.25) is 5.91 Å². The smallest absolute Gasteiger partial charge is 0.321 e. The molecule has 7 heteroatoms. The van der Waals surface area contributed by atoms with Crippen molar-refractivity contribution in [2.24, 2.45) is 0 Å². The summed E-state index contributed by atoms with van der Waals surface area (Å²) in [5.74, 6) is -0.0860. The lowest BCUT2D eigenvalue weighted by Gasteiger charge is -2.36. The molecule has 1 aliphatic heterocycles. The van der Waals surface area contributed by atoms with E-state index in [1.807, 2.05) is 30.3 Å². The van der Waals surface area contributed by atoms with Crippen LogP contribution in [0.3, 0.4) is 0 Å². The topological polar surface area (TPSA) is 64.7 Å². The normalized spacial score (nSPS) is 14.1. The number of halogens is 1. The maximum atomic E-state index is 12.4. The predicted molar refractivity (Wildman–Crippen MR) is 105 cm³/mol. The van der Waals surface area contributed by atoms with Gasteiger partial charge in [-0.1, -0.05) is 17.7 Å². The average molecular weight is 373 g/mol. The molecule has 0 atom stereocenters. The molecular formula is C19H21ClN4O2. The first-order chi connectivity index (χ1) is 12.5. The van der Waals surface area contributed by atoms with Gasteiger partial charge in [-0.15, -0.1) is 0 Å². The Morgan fingerprint density at radius 2 is 1.62 bits per heavy atom. The van der Waals surface area contributed by atoms with Crippen LogP contribution in [0.15, 0.2) is 48.5 Å². The number of hydrogen-bond donors (Lipinski definition) is 2. The minimum atomic E-state index is -0.118. The number of nitrogens with one attached hydrogen (secondary N) is 2. The Morgan fingerprint density at radius 3 is 2.23 bits per heavy atom. The highest BCUT2D eigenvalue weighted by Crippen LogP contribution is 2.20. The Hall–Kier alpha value is -2.73. The fraction of sp³-hybridized carbons (Fsp3) is 0.263. The third-order valence-corrected chi connectivity index (χ3v) is 4.43. The van der Waals surface area contributed by atoms with Gasteiger partial charge in [-0.3, -0.25) is 4.79 Å². The van der Waals surface area contributed by atoms with Gasteiger partial charge in [0, 0.05) is 55.2 Å². The molecule has 1 heterocycles. The number of urea groups is 1. The highest BCUT2D eigenvalue weighted by Gasteiger charge is 2.21. The summed E-state index contributed by atoms with van der Waals surface area (Å²) in [6.07, 6.45) is 0. The molecule has 26 heavy (non-hydrogen) atoms. The summed E-state index contributed by atoms with van der Waals surface area (Å²) in [5.41, 5.74) is 2.55. The summed E-state index contributed by atoms with van der Waals surface area (Å²) in [6, 6.07) is 14.7. The van der Waals surface area contributed by atoms with Crippen molar-refractivity contribution >= 4 is 40.6 Å². The van der Waals surface area contributed by atoms with Gasteiger partial charge in [-0.05, 0) is 42.5 Å². The molecule has 1 fully saturated rings. The molecule has 0 saturated carbocycles. The monoisotopic (exact) mass is 372 g/mol. The van der Waals surface area contributed by atoms with E-state index < -0.39 is 0 Å². The van der Waals surface area contributed by atoms with E-state index in [2.05, 4.69) is 15.5 Å². The molecule has 2 aromatic carbocycles. The average Bonchev–Trinajstić information content (AvgIpc) is 2.62. The SMILES string of the molecule is CC(=O)Nc1ccc(N2CCN(C(=O)Nc3cccc(Cl)c3)CC2)cc1. The van der Waals surface area contributed by atoms with Gasteiger partial charge in [0.15, 0.2) is 0 Å². The molecule has 2 aromatic rings. The number of rotatable bonds is 3. The summed E-state index contributed by atoms with van der Waals surface area (Å²) in [4.78, 5) is 27.5. The lowest BCUT2D eigenvalue weighted by molar-refractivity contribution is -0.114. The molecular weight excluding hydrogens is 352 g/mol. The van der Waals surface area contributed by atoms with Crippen molar-refractivity contribution in [3.8, 4) is 0 Å². The lowest BCUT2D eigenvalue weighted by atomic mass is 10.2. The zero-order valence-corrected chi connectivity index (χ0v) is 15.3. The van der Waals surface area contributed by atoms with Crippen molar-refractivity contribution in [2.45, 2.75) is 6.92 Å². The van der Waals surface area contributed by atoms with Gasteiger partial charge < -0.3 is 20.4 Å². The zero-order valence-electron chi connectivity index (χ0n) is 14.5. The van der Waals surface area contributed by atoms with Gasteiger partial charge >= 0.3 is 6.03 Å². The maximum absolute atomic E-state index is 12.4. The van der Waals surface area contributed by atoms with E-state index in [1.165, 1.54) is 6.92 Å². The van der Waals surface area contributed by atoms with Crippen LogP contribution in [0.1, 0.15) is 6.92 Å². The Labute approximate surface area is 157 Å². The molecule has 0 unspecified atom stereocenters. The third-order valence-electron chi connectivity index (χ3n) is 4.20. The van der Waals surface area contributed by atoms with Crippen molar-refractivity contribution < 1.29 is 9.59 Å². The summed E-state index contributed by atoms with van der Waals surface area (Å²) in [6.45, 7) is 4.27. The number of anilines is 3. The first-order valence-corrected chi connectivity index (χ1v) is 8.83. The number of amides is 3. The lowest BCUT2D eigenvalue weighted by Crippen LogP contribution is -2.50. The number of carbonyl (C=O) groups excluding carboxylic acids is 2. The second-order valence-electron chi connectivity index (χ2n) is 6.14. The summed E-state index contributed by atoms with van der Waals surface area (Å²) in [5, 5.41) is 6.23. The van der Waals surface area contributed by atoms with E-state index in [0.29, 0.717) is 23.8 Å². The number of piperazine rings is 1. The fourth-order valence-corrected chi connectivity index (χ4v) is 3.09. The van der Waals surface area contributed by atoms with Crippen LogP contribution in [-0.4, -0.2) is 43.0 Å². The van der Waals surface area contributed by atoms with Crippen LogP contribution in [0.5, 0.6) is 0 Å². The van der Waals surface area contributed by atoms with Crippen LogP contribution in [0.2, 0.25) is 5.02 Å². The van der Waals surface area contributed by atoms with E-state index in [0.717, 1.165) is 24.5 Å². The van der Waals surface area contributed by atoms with Crippen LogP contribution in [0.25, 0.3) is 0 Å². The Balaban J connectivity index is 1.53. The molecule has 0 radical (unpaired) electrons. The maximum Gasteiger partial charge on any atom is 0.321 e. The summed E-state index contributed by atoms with van der Waals surface area (Å²) < 4.78 is 0. The van der Waals surface area contributed by atoms with Gasteiger partial charge in [0.05, 0.1) is 0 Å². The fourth-order valence-electron chi connectivity index (χ4n) is 2.90. The molecule has 3 amide bonds. The number of nitrogens with zero attached hydrogens (tertiary/aromatic N) is 2.